The van der Waals surface area contributed by atoms with Gasteiger partial charge >= 0.3 is 11.7 Å². The van der Waals surface area contributed by atoms with Gasteiger partial charge < -0.3 is 15.0 Å². The molecule has 0 saturated heterocycles. The number of aryl methyl sites for hydroxylation is 2. The normalized spacial score (nSPS) is 12.3. The lowest BCUT2D eigenvalue weighted by Crippen LogP contribution is -2.39. The number of rotatable bonds is 5. The van der Waals surface area contributed by atoms with Crippen molar-refractivity contribution >= 4 is 23.0 Å². The molecule has 1 amide bonds. The first kappa shape index (κ1) is 16.5. The van der Waals surface area contributed by atoms with Crippen LogP contribution in [-0.4, -0.2) is 41.7 Å². The number of nitrogens with zero attached hydrogens (tertiary/aromatic N) is 4. The van der Waals surface area contributed by atoms with E-state index < -0.39 is 29.2 Å². The van der Waals surface area contributed by atoms with Crippen LogP contribution in [0.2, 0.25) is 0 Å². The van der Waals surface area contributed by atoms with Gasteiger partial charge in [0.1, 0.15) is 6.04 Å². The smallest absolute Gasteiger partial charge is 0.332 e. The molecule has 2 aromatic heterocycles. The Morgan fingerprint density at radius 1 is 1.30 bits per heavy atom. The predicted molar refractivity (Wildman–Crippen MR) is 80.1 cm³/mol. The van der Waals surface area contributed by atoms with Crippen molar-refractivity contribution in [1.29, 1.82) is 0 Å². The van der Waals surface area contributed by atoms with E-state index in [9.17, 15) is 19.2 Å². The molecule has 0 radical (unpaired) electrons. The van der Waals surface area contributed by atoms with E-state index >= 15 is 0 Å². The minimum Gasteiger partial charge on any atom is -0.480 e. The van der Waals surface area contributed by atoms with Crippen LogP contribution in [0.15, 0.2) is 15.9 Å². The minimum atomic E-state index is -1.13. The SMILES string of the molecule is C[C@H](NC(=O)CCn1cnc2c1c(=O)n(C)c(=O)n2C)C(=O)O. The minimum absolute atomic E-state index is 0.0188. The summed E-state index contributed by atoms with van der Waals surface area (Å²) >= 11 is 0. The van der Waals surface area contributed by atoms with Gasteiger partial charge in [0.2, 0.25) is 5.91 Å². The maximum Gasteiger partial charge on any atom is 0.332 e. The number of aliphatic carboxylic acids is 1. The van der Waals surface area contributed by atoms with Gasteiger partial charge in [-0.05, 0) is 6.92 Å². The highest BCUT2D eigenvalue weighted by molar-refractivity contribution is 5.83. The number of fused-ring (bicyclic) bond motifs is 1. The van der Waals surface area contributed by atoms with Crippen LogP contribution < -0.4 is 16.6 Å². The Kier molecular flexibility index (Phi) is 4.34. The Hall–Kier alpha value is -2.91. The Balaban J connectivity index is 2.26. The number of nitrogens with one attached hydrogen (secondary N) is 1. The van der Waals surface area contributed by atoms with E-state index in [2.05, 4.69) is 10.3 Å². The second-order valence-electron chi connectivity index (χ2n) is 5.19. The summed E-state index contributed by atoms with van der Waals surface area (Å²) in [4.78, 5) is 50.5. The van der Waals surface area contributed by atoms with Crippen molar-refractivity contribution in [2.45, 2.75) is 25.9 Å². The van der Waals surface area contributed by atoms with E-state index in [0.717, 1.165) is 4.57 Å². The summed E-state index contributed by atoms with van der Waals surface area (Å²) in [7, 11) is 2.87. The molecule has 0 aromatic carbocycles. The molecular weight excluding hydrogens is 306 g/mol. The molecule has 2 heterocycles. The fourth-order valence-corrected chi connectivity index (χ4v) is 2.16. The van der Waals surface area contributed by atoms with Crippen molar-refractivity contribution < 1.29 is 14.7 Å². The number of carboxylic acid groups (broad SMARTS) is 1. The third kappa shape index (κ3) is 3.00. The van der Waals surface area contributed by atoms with E-state index in [1.54, 1.807) is 0 Å². The summed E-state index contributed by atoms with van der Waals surface area (Å²) in [6.07, 6.45) is 1.36. The summed E-state index contributed by atoms with van der Waals surface area (Å²) in [6.45, 7) is 1.50. The number of carbonyl (C=O) groups is 2. The van der Waals surface area contributed by atoms with Crippen molar-refractivity contribution in [3.63, 3.8) is 0 Å². The fourth-order valence-electron chi connectivity index (χ4n) is 2.16. The van der Waals surface area contributed by atoms with Crippen molar-refractivity contribution in [3.8, 4) is 0 Å². The van der Waals surface area contributed by atoms with Gasteiger partial charge in [-0.25, -0.2) is 9.78 Å². The first-order chi connectivity index (χ1) is 10.7. The molecule has 23 heavy (non-hydrogen) atoms. The van der Waals surface area contributed by atoms with Gasteiger partial charge in [-0.3, -0.25) is 23.5 Å². The zero-order valence-electron chi connectivity index (χ0n) is 12.9. The fraction of sp³-hybridized carbons (Fsp3) is 0.462. The van der Waals surface area contributed by atoms with Gasteiger partial charge in [0.15, 0.2) is 11.2 Å². The molecule has 0 aliphatic heterocycles. The first-order valence-electron chi connectivity index (χ1n) is 6.87. The number of imidazole rings is 1. The molecule has 0 spiro atoms. The standard InChI is InChI=1S/C13H17N5O5/c1-7(12(21)22)15-8(19)4-5-18-6-14-10-9(18)11(20)17(3)13(23)16(10)2/h6-7H,4-5H2,1-3H3,(H,15,19)(H,21,22)/t7-/m0/s1. The third-order valence-electron chi connectivity index (χ3n) is 3.54. The molecule has 2 rings (SSSR count). The van der Waals surface area contributed by atoms with Gasteiger partial charge in [-0.2, -0.15) is 0 Å². The van der Waals surface area contributed by atoms with Crippen molar-refractivity contribution in [3.05, 3.63) is 27.2 Å². The zero-order valence-corrected chi connectivity index (χ0v) is 12.9. The average Bonchev–Trinajstić information content (AvgIpc) is 2.92. The molecule has 10 heteroatoms. The molecule has 124 valence electrons. The van der Waals surface area contributed by atoms with Crippen molar-refractivity contribution in [1.82, 2.24) is 24.0 Å². The highest BCUT2D eigenvalue weighted by atomic mass is 16.4. The molecule has 0 saturated carbocycles. The Bertz CT molecular complexity index is 891. The summed E-state index contributed by atoms with van der Waals surface area (Å²) < 4.78 is 3.69. The van der Waals surface area contributed by atoms with Crippen LogP contribution in [0.4, 0.5) is 0 Å². The summed E-state index contributed by atoms with van der Waals surface area (Å²) in [5.74, 6) is -1.58. The summed E-state index contributed by atoms with van der Waals surface area (Å²) in [5, 5.41) is 11.1. The summed E-state index contributed by atoms with van der Waals surface area (Å²) in [5.41, 5.74) is -0.535. The van der Waals surface area contributed by atoms with Crippen molar-refractivity contribution in [2.24, 2.45) is 14.1 Å². The van der Waals surface area contributed by atoms with E-state index in [1.165, 1.54) is 36.5 Å². The molecule has 0 bridgehead atoms. The van der Waals surface area contributed by atoms with Gasteiger partial charge in [0.05, 0.1) is 6.33 Å². The van der Waals surface area contributed by atoms with E-state index in [1.807, 2.05) is 0 Å². The first-order valence-corrected chi connectivity index (χ1v) is 6.87. The number of hydrogen-bond donors (Lipinski definition) is 2. The number of carbonyl (C=O) groups excluding carboxylic acids is 1. The second-order valence-corrected chi connectivity index (χ2v) is 5.19. The number of aromatic nitrogens is 4. The number of hydrogen-bond acceptors (Lipinski definition) is 5. The van der Waals surface area contributed by atoms with E-state index in [-0.39, 0.29) is 24.1 Å². The molecule has 0 aliphatic carbocycles. The average molecular weight is 323 g/mol. The van der Waals surface area contributed by atoms with Gasteiger partial charge in [-0.15, -0.1) is 0 Å². The lowest BCUT2D eigenvalue weighted by molar-refractivity contribution is -0.141. The van der Waals surface area contributed by atoms with Crippen LogP contribution in [0, 0.1) is 0 Å². The Labute approximate surface area is 130 Å². The maximum absolute atomic E-state index is 12.2. The van der Waals surface area contributed by atoms with E-state index in [0.29, 0.717) is 0 Å². The highest BCUT2D eigenvalue weighted by Crippen LogP contribution is 2.06. The lowest BCUT2D eigenvalue weighted by atomic mass is 10.3. The molecule has 0 aliphatic rings. The van der Waals surface area contributed by atoms with Crippen molar-refractivity contribution in [2.75, 3.05) is 0 Å². The Morgan fingerprint density at radius 2 is 1.96 bits per heavy atom. The van der Waals surface area contributed by atoms with Crippen LogP contribution >= 0.6 is 0 Å². The molecule has 2 aromatic rings. The van der Waals surface area contributed by atoms with E-state index in [4.69, 9.17) is 5.11 Å². The zero-order chi connectivity index (χ0) is 17.3. The summed E-state index contributed by atoms with van der Waals surface area (Å²) in [6, 6.07) is -0.990. The van der Waals surface area contributed by atoms with Gasteiger partial charge in [0, 0.05) is 27.1 Å². The molecule has 10 nitrogen and oxygen atoms in total. The number of carboxylic acids is 1. The topological polar surface area (TPSA) is 128 Å². The molecule has 0 unspecified atom stereocenters. The third-order valence-corrected chi connectivity index (χ3v) is 3.54. The van der Waals surface area contributed by atoms with Crippen LogP contribution in [0.1, 0.15) is 13.3 Å². The monoisotopic (exact) mass is 323 g/mol. The maximum atomic E-state index is 12.2. The van der Waals surface area contributed by atoms with Crippen LogP contribution in [0.3, 0.4) is 0 Å². The predicted octanol–water partition coefficient (Wildman–Crippen LogP) is -1.59. The largest absolute Gasteiger partial charge is 0.480 e. The second kappa shape index (κ2) is 6.07. The highest BCUT2D eigenvalue weighted by Gasteiger charge is 2.16. The molecule has 0 fully saturated rings. The number of amides is 1. The van der Waals surface area contributed by atoms with Gasteiger partial charge in [0.25, 0.3) is 5.56 Å². The van der Waals surface area contributed by atoms with Crippen LogP contribution in [-0.2, 0) is 30.2 Å². The van der Waals surface area contributed by atoms with Crippen LogP contribution in [0.5, 0.6) is 0 Å². The van der Waals surface area contributed by atoms with Gasteiger partial charge in [-0.1, -0.05) is 0 Å². The van der Waals surface area contributed by atoms with Crippen LogP contribution in [0.25, 0.3) is 11.2 Å². The molecular formula is C13H17N5O5. The lowest BCUT2D eigenvalue weighted by Gasteiger charge is -2.10. The Morgan fingerprint density at radius 3 is 2.57 bits per heavy atom. The molecule has 2 N–H and O–H groups in total. The molecule has 1 atom stereocenters. The quantitative estimate of drug-likeness (QED) is 0.683.